The molecule has 0 spiro atoms. The number of carbonyl (C=O) groups is 2. The van der Waals surface area contributed by atoms with Gasteiger partial charge in [0.05, 0.1) is 11.6 Å². The molecule has 0 saturated carbocycles. The number of aliphatic hydroxyl groups is 1. The van der Waals surface area contributed by atoms with Crippen molar-refractivity contribution >= 4 is 33.9 Å². The first kappa shape index (κ1) is 17.0. The fourth-order valence-electron chi connectivity index (χ4n) is 3.03. The maximum absolute atomic E-state index is 12.8. The molecule has 8 heteroatoms. The van der Waals surface area contributed by atoms with Gasteiger partial charge >= 0.3 is 5.91 Å². The average Bonchev–Trinajstić information content (AvgIpc) is 3.24. The van der Waals surface area contributed by atoms with Gasteiger partial charge < -0.3 is 5.11 Å². The van der Waals surface area contributed by atoms with Crippen molar-refractivity contribution in [1.82, 2.24) is 15.2 Å². The van der Waals surface area contributed by atoms with E-state index in [2.05, 4.69) is 15.2 Å². The minimum atomic E-state index is -0.785. The summed E-state index contributed by atoms with van der Waals surface area (Å²) in [6.07, 6.45) is 3.02. The van der Waals surface area contributed by atoms with E-state index in [-0.39, 0.29) is 11.3 Å². The Morgan fingerprint density at radius 2 is 1.78 bits per heavy atom. The smallest absolute Gasteiger partial charge is 0.301 e. The van der Waals surface area contributed by atoms with E-state index in [1.807, 2.05) is 18.2 Å². The highest BCUT2D eigenvalue weighted by molar-refractivity contribution is 7.15. The van der Waals surface area contributed by atoms with E-state index < -0.39 is 17.7 Å². The Morgan fingerprint density at radius 3 is 2.41 bits per heavy atom. The first-order chi connectivity index (χ1) is 13.1. The topological polar surface area (TPSA) is 96.3 Å². The number of aromatic nitrogens is 3. The standard InChI is InChI=1S/C19H14N4O3S/c1-11-21-22-19(27-11)23-15(12-5-3-2-4-6-12)14(17(25)18(23)26)16(24)13-7-9-20-10-8-13/h2-10,15,24H,1H3/t15-/m0/s1. The van der Waals surface area contributed by atoms with Crippen LogP contribution in [0, 0.1) is 6.92 Å². The summed E-state index contributed by atoms with van der Waals surface area (Å²) >= 11 is 1.22. The highest BCUT2D eigenvalue weighted by Crippen LogP contribution is 2.42. The van der Waals surface area contributed by atoms with Crippen molar-refractivity contribution in [3.63, 3.8) is 0 Å². The number of nitrogens with zero attached hydrogens (tertiary/aromatic N) is 4. The highest BCUT2D eigenvalue weighted by atomic mass is 32.1. The van der Waals surface area contributed by atoms with Crippen LogP contribution < -0.4 is 4.90 Å². The number of aryl methyl sites for hydroxylation is 1. The SMILES string of the molecule is Cc1nnc(N2C(=O)C(=O)C(=C(O)c3ccncc3)[C@@H]2c2ccccc2)s1. The summed E-state index contributed by atoms with van der Waals surface area (Å²) in [5, 5.41) is 19.8. The summed E-state index contributed by atoms with van der Waals surface area (Å²) in [4.78, 5) is 30.8. The number of anilines is 1. The second-order valence-corrected chi connectivity index (χ2v) is 7.08. The Balaban J connectivity index is 1.94. The van der Waals surface area contributed by atoms with Crippen LogP contribution in [0.4, 0.5) is 5.13 Å². The van der Waals surface area contributed by atoms with Crippen LogP contribution in [0.1, 0.15) is 22.2 Å². The molecule has 1 N–H and O–H groups in total. The van der Waals surface area contributed by atoms with E-state index in [1.165, 1.54) is 28.6 Å². The Hall–Kier alpha value is -3.39. The number of hydrogen-bond acceptors (Lipinski definition) is 7. The fraction of sp³-hybridized carbons (Fsp3) is 0.105. The lowest BCUT2D eigenvalue weighted by Crippen LogP contribution is -2.29. The van der Waals surface area contributed by atoms with E-state index in [1.54, 1.807) is 31.2 Å². The molecule has 0 aliphatic carbocycles. The molecule has 134 valence electrons. The maximum atomic E-state index is 12.8. The van der Waals surface area contributed by atoms with E-state index in [4.69, 9.17) is 0 Å². The van der Waals surface area contributed by atoms with Gasteiger partial charge in [0.15, 0.2) is 0 Å². The first-order valence-electron chi connectivity index (χ1n) is 8.14. The average molecular weight is 378 g/mol. The second kappa shape index (κ2) is 6.73. The minimum absolute atomic E-state index is 0.0188. The van der Waals surface area contributed by atoms with Crippen LogP contribution in [0.3, 0.4) is 0 Å². The molecule has 27 heavy (non-hydrogen) atoms. The molecule has 0 unspecified atom stereocenters. The quantitative estimate of drug-likeness (QED) is 0.428. The number of pyridine rings is 1. The summed E-state index contributed by atoms with van der Waals surface area (Å²) in [6.45, 7) is 1.77. The molecule has 1 aromatic carbocycles. The summed E-state index contributed by atoms with van der Waals surface area (Å²) in [6, 6.07) is 11.5. The molecule has 3 aromatic rings. The van der Waals surface area contributed by atoms with E-state index in [0.29, 0.717) is 21.3 Å². The molecule has 1 aliphatic rings. The van der Waals surface area contributed by atoms with Crippen LogP contribution in [-0.2, 0) is 9.59 Å². The summed E-state index contributed by atoms with van der Waals surface area (Å²) in [7, 11) is 0. The molecule has 0 radical (unpaired) electrons. The van der Waals surface area contributed by atoms with Gasteiger partial charge in [0.25, 0.3) is 5.78 Å². The van der Waals surface area contributed by atoms with Crippen LogP contribution >= 0.6 is 11.3 Å². The predicted molar refractivity (Wildman–Crippen MR) is 100 cm³/mol. The van der Waals surface area contributed by atoms with Gasteiger partial charge in [0, 0.05) is 18.0 Å². The number of rotatable bonds is 3. The van der Waals surface area contributed by atoms with Crippen LogP contribution in [-0.4, -0.2) is 32.0 Å². The van der Waals surface area contributed by atoms with Crippen LogP contribution in [0.15, 0.2) is 60.4 Å². The number of hydrogen-bond donors (Lipinski definition) is 1. The lowest BCUT2D eigenvalue weighted by atomic mass is 9.96. The van der Waals surface area contributed by atoms with Gasteiger partial charge in [-0.25, -0.2) is 0 Å². The Bertz CT molecular complexity index is 1050. The number of carbonyl (C=O) groups excluding carboxylic acids is 2. The van der Waals surface area contributed by atoms with Crippen molar-refractivity contribution in [2.75, 3.05) is 4.90 Å². The van der Waals surface area contributed by atoms with Crippen molar-refractivity contribution < 1.29 is 14.7 Å². The summed E-state index contributed by atoms with van der Waals surface area (Å²) in [5.41, 5.74) is 1.13. The van der Waals surface area contributed by atoms with Gasteiger partial charge in [0.2, 0.25) is 5.13 Å². The largest absolute Gasteiger partial charge is 0.507 e. The third-order valence-electron chi connectivity index (χ3n) is 4.23. The van der Waals surface area contributed by atoms with Gasteiger partial charge in [-0.2, -0.15) is 0 Å². The molecule has 1 amide bonds. The van der Waals surface area contributed by atoms with Gasteiger partial charge in [-0.05, 0) is 24.6 Å². The van der Waals surface area contributed by atoms with Gasteiger partial charge in [0.1, 0.15) is 10.8 Å². The van der Waals surface area contributed by atoms with Crippen molar-refractivity contribution in [3.8, 4) is 0 Å². The Morgan fingerprint density at radius 1 is 1.07 bits per heavy atom. The number of amides is 1. The van der Waals surface area contributed by atoms with Crippen molar-refractivity contribution in [1.29, 1.82) is 0 Å². The molecular formula is C19H14N4O3S. The first-order valence-corrected chi connectivity index (χ1v) is 8.96. The molecule has 1 saturated heterocycles. The molecule has 1 aliphatic heterocycles. The monoisotopic (exact) mass is 378 g/mol. The molecule has 0 bridgehead atoms. The van der Waals surface area contributed by atoms with E-state index >= 15 is 0 Å². The van der Waals surface area contributed by atoms with Crippen LogP contribution in [0.5, 0.6) is 0 Å². The zero-order valence-corrected chi connectivity index (χ0v) is 15.1. The molecule has 7 nitrogen and oxygen atoms in total. The Labute approximate surface area is 158 Å². The predicted octanol–water partition coefficient (Wildman–Crippen LogP) is 2.87. The molecule has 3 heterocycles. The third kappa shape index (κ3) is 2.89. The molecule has 4 rings (SSSR count). The van der Waals surface area contributed by atoms with Gasteiger partial charge in [-0.15, -0.1) is 10.2 Å². The Kier molecular flexibility index (Phi) is 4.25. The lowest BCUT2D eigenvalue weighted by Gasteiger charge is -2.22. The van der Waals surface area contributed by atoms with Crippen molar-refractivity contribution in [3.05, 3.63) is 76.6 Å². The molecular weight excluding hydrogens is 364 g/mol. The number of benzene rings is 1. The highest BCUT2D eigenvalue weighted by Gasteiger charge is 2.48. The fourth-order valence-corrected chi connectivity index (χ4v) is 3.74. The van der Waals surface area contributed by atoms with Gasteiger partial charge in [-0.3, -0.25) is 19.5 Å². The zero-order chi connectivity index (χ0) is 19.0. The van der Waals surface area contributed by atoms with Crippen LogP contribution in [0.2, 0.25) is 0 Å². The number of aliphatic hydroxyl groups excluding tert-OH is 1. The number of Topliss-reactive ketones (excluding diaryl/α,β-unsaturated/α-hetero) is 1. The van der Waals surface area contributed by atoms with E-state index in [0.717, 1.165) is 0 Å². The third-order valence-corrected chi connectivity index (χ3v) is 5.07. The van der Waals surface area contributed by atoms with E-state index in [9.17, 15) is 14.7 Å². The lowest BCUT2D eigenvalue weighted by molar-refractivity contribution is -0.132. The maximum Gasteiger partial charge on any atom is 0.301 e. The number of ketones is 1. The van der Waals surface area contributed by atoms with Crippen molar-refractivity contribution in [2.24, 2.45) is 0 Å². The summed E-state index contributed by atoms with van der Waals surface area (Å²) < 4.78 is 0. The van der Waals surface area contributed by atoms with Crippen molar-refractivity contribution in [2.45, 2.75) is 13.0 Å². The molecule has 1 atom stereocenters. The molecule has 1 fully saturated rings. The second-order valence-electron chi connectivity index (χ2n) is 5.92. The zero-order valence-electron chi connectivity index (χ0n) is 14.2. The van der Waals surface area contributed by atoms with Gasteiger partial charge in [-0.1, -0.05) is 41.7 Å². The molecule has 2 aromatic heterocycles. The minimum Gasteiger partial charge on any atom is -0.507 e. The normalized spacial score (nSPS) is 18.9. The van der Waals surface area contributed by atoms with Crippen LogP contribution in [0.25, 0.3) is 5.76 Å². The summed E-state index contributed by atoms with van der Waals surface area (Å²) in [5.74, 6) is -1.74.